The molecule has 10 nitrogen and oxygen atoms in total. The third kappa shape index (κ3) is 5.89. The van der Waals surface area contributed by atoms with Crippen LogP contribution in [0.15, 0.2) is 24.4 Å². The van der Waals surface area contributed by atoms with Gasteiger partial charge in [-0.2, -0.15) is 10.1 Å². The lowest BCUT2D eigenvalue weighted by Gasteiger charge is -2.24. The Morgan fingerprint density at radius 3 is 2.85 bits per heavy atom. The third-order valence-electron chi connectivity index (χ3n) is 5.97. The fourth-order valence-electron chi connectivity index (χ4n) is 4.21. The Morgan fingerprint density at radius 2 is 2.09 bits per heavy atom. The summed E-state index contributed by atoms with van der Waals surface area (Å²) in [5.41, 5.74) is 15.6. The predicted molar refractivity (Wildman–Crippen MR) is 131 cm³/mol. The van der Waals surface area contributed by atoms with Gasteiger partial charge < -0.3 is 32.2 Å². The van der Waals surface area contributed by atoms with Gasteiger partial charge in [0, 0.05) is 18.2 Å². The number of nitrogens with two attached hydrogens (primary N) is 2. The van der Waals surface area contributed by atoms with Gasteiger partial charge in [0.2, 0.25) is 5.95 Å². The number of ether oxygens (including phenoxy) is 1. The monoisotopic (exact) mass is 453 g/mol. The van der Waals surface area contributed by atoms with Crippen LogP contribution in [-0.4, -0.2) is 52.2 Å². The molecule has 0 radical (unpaired) electrons. The maximum Gasteiger partial charge on any atom is 0.222 e. The maximum atomic E-state index is 6.14. The number of hydrogen-bond donors (Lipinski definition) is 5. The highest BCUT2D eigenvalue weighted by Gasteiger charge is 2.15. The minimum Gasteiger partial charge on any atom is -0.496 e. The molecule has 2 aromatic heterocycles. The average molecular weight is 454 g/mol. The Morgan fingerprint density at radius 1 is 1.27 bits per heavy atom. The van der Waals surface area contributed by atoms with Crippen molar-refractivity contribution >= 4 is 22.8 Å². The molecule has 1 aliphatic heterocycles. The summed E-state index contributed by atoms with van der Waals surface area (Å²) >= 11 is 0. The second-order valence-electron chi connectivity index (χ2n) is 8.58. The Labute approximate surface area is 194 Å². The third-order valence-corrected chi connectivity index (χ3v) is 5.97. The minimum absolute atomic E-state index is 0.191. The van der Waals surface area contributed by atoms with E-state index in [9.17, 15) is 0 Å². The van der Waals surface area contributed by atoms with E-state index < -0.39 is 0 Å². The second kappa shape index (κ2) is 10.8. The fraction of sp³-hybridized carbons (Fsp3) is 0.522. The van der Waals surface area contributed by atoms with E-state index in [0.717, 1.165) is 56.6 Å². The van der Waals surface area contributed by atoms with Crippen molar-refractivity contribution in [2.45, 2.75) is 57.9 Å². The number of fused-ring (bicyclic) bond motifs is 1. The van der Waals surface area contributed by atoms with Gasteiger partial charge in [-0.05, 0) is 44.0 Å². The minimum atomic E-state index is -0.219. The first-order chi connectivity index (χ1) is 16.1. The number of aromatic nitrogens is 4. The molecular formula is C23H35N9O. The molecule has 1 saturated heterocycles. The van der Waals surface area contributed by atoms with Crippen LogP contribution in [0.25, 0.3) is 11.0 Å². The number of nitrogens with one attached hydrogen (secondary N) is 3. The van der Waals surface area contributed by atoms with Crippen molar-refractivity contribution in [2.24, 2.45) is 5.73 Å². The molecular weight excluding hydrogens is 418 g/mol. The van der Waals surface area contributed by atoms with E-state index in [1.54, 1.807) is 7.11 Å². The van der Waals surface area contributed by atoms with Crippen molar-refractivity contribution in [3.05, 3.63) is 35.5 Å². The molecule has 1 fully saturated rings. The molecule has 1 atom stereocenters. The zero-order valence-corrected chi connectivity index (χ0v) is 19.5. The molecule has 0 aliphatic carbocycles. The van der Waals surface area contributed by atoms with Crippen LogP contribution in [0, 0.1) is 0 Å². The summed E-state index contributed by atoms with van der Waals surface area (Å²) in [4.78, 5) is 8.65. The SMILES string of the molecule is CCCC(N)Nc1nc(N)nc2cn(Cc3ccc(CNC4CCNCC4)cc3OC)nc12. The molecule has 7 N–H and O–H groups in total. The molecule has 4 rings (SSSR count). The van der Waals surface area contributed by atoms with E-state index in [2.05, 4.69) is 51.0 Å². The van der Waals surface area contributed by atoms with Crippen molar-refractivity contribution < 1.29 is 4.74 Å². The largest absolute Gasteiger partial charge is 0.496 e. The molecule has 10 heteroatoms. The summed E-state index contributed by atoms with van der Waals surface area (Å²) in [6.45, 7) is 5.62. The lowest BCUT2D eigenvalue weighted by atomic mass is 10.1. The quantitative estimate of drug-likeness (QED) is 0.291. The van der Waals surface area contributed by atoms with Crippen LogP contribution in [0.2, 0.25) is 0 Å². The van der Waals surface area contributed by atoms with Gasteiger partial charge in [-0.15, -0.1) is 0 Å². The summed E-state index contributed by atoms with van der Waals surface area (Å²) in [7, 11) is 1.70. The number of rotatable bonds is 10. The molecule has 3 aromatic rings. The van der Waals surface area contributed by atoms with Gasteiger partial charge in [-0.1, -0.05) is 25.5 Å². The highest BCUT2D eigenvalue weighted by atomic mass is 16.5. The number of anilines is 2. The lowest BCUT2D eigenvalue weighted by molar-refractivity contribution is 0.384. The van der Waals surface area contributed by atoms with E-state index in [-0.39, 0.29) is 12.1 Å². The first kappa shape index (κ1) is 23.2. The molecule has 0 amide bonds. The van der Waals surface area contributed by atoms with Crippen LogP contribution >= 0.6 is 0 Å². The number of hydrogen-bond acceptors (Lipinski definition) is 9. The van der Waals surface area contributed by atoms with E-state index in [0.29, 0.717) is 29.4 Å². The number of piperidine rings is 1. The highest BCUT2D eigenvalue weighted by Crippen LogP contribution is 2.24. The molecule has 178 valence electrons. The molecule has 3 heterocycles. The van der Waals surface area contributed by atoms with Gasteiger partial charge in [0.05, 0.1) is 26.0 Å². The molecule has 1 aliphatic rings. The highest BCUT2D eigenvalue weighted by molar-refractivity contribution is 5.85. The van der Waals surface area contributed by atoms with E-state index in [4.69, 9.17) is 21.3 Å². The van der Waals surface area contributed by atoms with Crippen molar-refractivity contribution in [2.75, 3.05) is 31.2 Å². The van der Waals surface area contributed by atoms with Gasteiger partial charge in [-0.3, -0.25) is 4.68 Å². The molecule has 1 unspecified atom stereocenters. The van der Waals surface area contributed by atoms with Crippen LogP contribution < -0.4 is 32.2 Å². The number of methoxy groups -OCH3 is 1. The normalized spacial score (nSPS) is 15.6. The van der Waals surface area contributed by atoms with Gasteiger partial charge in [0.15, 0.2) is 11.3 Å². The Bertz CT molecular complexity index is 1060. The fourth-order valence-corrected chi connectivity index (χ4v) is 4.21. The Kier molecular flexibility index (Phi) is 7.58. The summed E-state index contributed by atoms with van der Waals surface area (Å²) in [6.07, 6.45) is 5.77. The van der Waals surface area contributed by atoms with Crippen molar-refractivity contribution in [1.82, 2.24) is 30.4 Å². The lowest BCUT2D eigenvalue weighted by Crippen LogP contribution is -2.39. The summed E-state index contributed by atoms with van der Waals surface area (Å²) in [6, 6.07) is 6.90. The first-order valence-corrected chi connectivity index (χ1v) is 11.7. The van der Waals surface area contributed by atoms with E-state index in [1.165, 1.54) is 5.56 Å². The van der Waals surface area contributed by atoms with E-state index in [1.807, 2.05) is 10.9 Å². The Hall–Kier alpha value is -2.95. The first-order valence-electron chi connectivity index (χ1n) is 11.7. The average Bonchev–Trinajstić information content (AvgIpc) is 3.21. The molecule has 33 heavy (non-hydrogen) atoms. The number of nitrogens with zero attached hydrogens (tertiary/aromatic N) is 4. The van der Waals surface area contributed by atoms with Crippen molar-refractivity contribution in [3.63, 3.8) is 0 Å². The molecule has 0 saturated carbocycles. The van der Waals surface area contributed by atoms with Crippen LogP contribution in [0.4, 0.5) is 11.8 Å². The van der Waals surface area contributed by atoms with Crippen molar-refractivity contribution in [1.29, 1.82) is 0 Å². The number of benzene rings is 1. The zero-order chi connectivity index (χ0) is 23.2. The van der Waals surface area contributed by atoms with Crippen LogP contribution in [-0.2, 0) is 13.1 Å². The van der Waals surface area contributed by atoms with Gasteiger partial charge in [0.25, 0.3) is 0 Å². The molecule has 0 spiro atoms. The van der Waals surface area contributed by atoms with Crippen LogP contribution in [0.5, 0.6) is 5.75 Å². The predicted octanol–water partition coefficient (Wildman–Crippen LogP) is 1.80. The van der Waals surface area contributed by atoms with Crippen LogP contribution in [0.1, 0.15) is 43.7 Å². The zero-order valence-electron chi connectivity index (χ0n) is 19.5. The smallest absolute Gasteiger partial charge is 0.222 e. The van der Waals surface area contributed by atoms with Gasteiger partial charge >= 0.3 is 0 Å². The molecule has 0 bridgehead atoms. The number of nitrogen functional groups attached to an aromatic ring is 1. The van der Waals surface area contributed by atoms with E-state index >= 15 is 0 Å². The second-order valence-corrected chi connectivity index (χ2v) is 8.58. The summed E-state index contributed by atoms with van der Waals surface area (Å²) in [5.74, 6) is 1.59. The van der Waals surface area contributed by atoms with Gasteiger partial charge in [0.1, 0.15) is 11.3 Å². The summed E-state index contributed by atoms with van der Waals surface area (Å²) < 4.78 is 7.52. The van der Waals surface area contributed by atoms with Gasteiger partial charge in [-0.25, -0.2) is 4.98 Å². The van der Waals surface area contributed by atoms with Crippen LogP contribution in [0.3, 0.4) is 0 Å². The topological polar surface area (TPSA) is 141 Å². The van der Waals surface area contributed by atoms with Crippen molar-refractivity contribution in [3.8, 4) is 5.75 Å². The standard InChI is InChI=1S/C23H35N9O/c1-3-4-20(24)29-22-21-18(28-23(25)30-22)14-32(31-21)13-16-6-5-15(11-19(16)33-2)12-27-17-7-9-26-10-8-17/h5-6,11,14,17,20,26-27H,3-4,7-10,12-13,24H2,1-2H3,(H3,25,28,29,30). The Balaban J connectivity index is 1.49. The summed E-state index contributed by atoms with van der Waals surface area (Å²) in [5, 5.41) is 15.0. The molecule has 1 aromatic carbocycles. The maximum absolute atomic E-state index is 6.14.